The molecule has 0 fully saturated rings. The van der Waals surface area contributed by atoms with Gasteiger partial charge in [0.2, 0.25) is 0 Å². The van der Waals surface area contributed by atoms with Crippen LogP contribution in [0.3, 0.4) is 0 Å². The lowest BCUT2D eigenvalue weighted by Crippen LogP contribution is -2.08. The zero-order valence-corrected chi connectivity index (χ0v) is 9.71. The molecule has 0 bridgehead atoms. The molecule has 0 aliphatic rings. The second-order valence-electron chi connectivity index (χ2n) is 3.72. The lowest BCUT2D eigenvalue weighted by molar-refractivity contribution is 0.173. The van der Waals surface area contributed by atoms with Crippen LogP contribution in [0.2, 0.25) is 0 Å². The van der Waals surface area contributed by atoms with Crippen LogP contribution >= 0.6 is 0 Å². The highest BCUT2D eigenvalue weighted by molar-refractivity contribution is 5.17. The quantitative estimate of drug-likeness (QED) is 0.835. The van der Waals surface area contributed by atoms with E-state index in [0.29, 0.717) is 18.8 Å². The number of hydrogen-bond donors (Lipinski definition) is 1. The highest BCUT2D eigenvalue weighted by Gasteiger charge is 2.11. The van der Waals surface area contributed by atoms with Crippen LogP contribution in [-0.2, 0) is 24.5 Å². The van der Waals surface area contributed by atoms with E-state index in [1.165, 1.54) is 0 Å². The van der Waals surface area contributed by atoms with Crippen molar-refractivity contribution in [1.82, 2.24) is 15.0 Å². The van der Waals surface area contributed by atoms with E-state index in [1.807, 2.05) is 30.3 Å². The van der Waals surface area contributed by atoms with Gasteiger partial charge in [-0.3, -0.25) is 0 Å². The van der Waals surface area contributed by atoms with Crippen molar-refractivity contribution in [2.75, 3.05) is 7.11 Å². The van der Waals surface area contributed by atoms with Gasteiger partial charge in [0.25, 0.3) is 0 Å². The Bertz CT molecular complexity index is 468. The third kappa shape index (κ3) is 2.69. The fraction of sp³-hybridized carbons (Fsp3) is 0.333. The number of nitrogens with zero attached hydrogens (tertiary/aromatic N) is 3. The van der Waals surface area contributed by atoms with Crippen LogP contribution in [0.25, 0.3) is 0 Å². The molecule has 5 nitrogen and oxygen atoms in total. The molecule has 1 heterocycles. The standard InChI is InChI=1S/C12H15N3O2/c1-17-9-12-11(8-16)13-14-15(12)7-10-5-3-2-4-6-10/h2-6,16H,7-9H2,1H3. The Labute approximate surface area is 99.7 Å². The van der Waals surface area contributed by atoms with Crippen LogP contribution in [0, 0.1) is 0 Å². The summed E-state index contributed by atoms with van der Waals surface area (Å²) in [4.78, 5) is 0. The van der Waals surface area contributed by atoms with Crippen LogP contribution in [0.4, 0.5) is 0 Å². The summed E-state index contributed by atoms with van der Waals surface area (Å²) in [6.07, 6.45) is 0. The number of aliphatic hydroxyl groups is 1. The summed E-state index contributed by atoms with van der Waals surface area (Å²) in [5, 5.41) is 17.1. The van der Waals surface area contributed by atoms with E-state index in [-0.39, 0.29) is 6.61 Å². The van der Waals surface area contributed by atoms with Crippen molar-refractivity contribution in [3.63, 3.8) is 0 Å². The van der Waals surface area contributed by atoms with Crippen LogP contribution < -0.4 is 0 Å². The average Bonchev–Trinajstić information content (AvgIpc) is 2.74. The normalized spacial score (nSPS) is 10.7. The summed E-state index contributed by atoms with van der Waals surface area (Å²) in [5.74, 6) is 0. The molecule has 1 aromatic carbocycles. The van der Waals surface area contributed by atoms with E-state index in [1.54, 1.807) is 11.8 Å². The molecule has 90 valence electrons. The first-order chi connectivity index (χ1) is 8.35. The maximum absolute atomic E-state index is 9.15. The van der Waals surface area contributed by atoms with Gasteiger partial charge in [-0.25, -0.2) is 4.68 Å². The van der Waals surface area contributed by atoms with Crippen LogP contribution in [0.1, 0.15) is 17.0 Å². The van der Waals surface area contributed by atoms with Gasteiger partial charge in [-0.2, -0.15) is 0 Å². The van der Waals surface area contributed by atoms with E-state index in [9.17, 15) is 0 Å². The first-order valence-corrected chi connectivity index (χ1v) is 5.40. The zero-order valence-electron chi connectivity index (χ0n) is 9.71. The molecular weight excluding hydrogens is 218 g/mol. The van der Waals surface area contributed by atoms with Crippen LogP contribution in [0.15, 0.2) is 30.3 Å². The van der Waals surface area contributed by atoms with E-state index < -0.39 is 0 Å². The molecule has 2 rings (SSSR count). The van der Waals surface area contributed by atoms with Gasteiger partial charge in [0.05, 0.1) is 25.5 Å². The smallest absolute Gasteiger partial charge is 0.114 e. The highest BCUT2D eigenvalue weighted by Crippen LogP contribution is 2.10. The van der Waals surface area contributed by atoms with E-state index in [0.717, 1.165) is 11.3 Å². The molecule has 0 saturated heterocycles. The van der Waals surface area contributed by atoms with E-state index in [4.69, 9.17) is 9.84 Å². The van der Waals surface area contributed by atoms with Gasteiger partial charge in [0.15, 0.2) is 0 Å². The molecule has 0 radical (unpaired) electrons. The Kier molecular flexibility index (Phi) is 3.85. The molecule has 5 heteroatoms. The third-order valence-electron chi connectivity index (χ3n) is 2.52. The lowest BCUT2D eigenvalue weighted by atomic mass is 10.2. The molecule has 2 aromatic rings. The maximum atomic E-state index is 9.15. The van der Waals surface area contributed by atoms with Gasteiger partial charge in [-0.05, 0) is 5.56 Å². The Morgan fingerprint density at radius 1 is 1.29 bits per heavy atom. The molecule has 0 amide bonds. The molecule has 17 heavy (non-hydrogen) atoms. The number of methoxy groups -OCH3 is 1. The third-order valence-corrected chi connectivity index (χ3v) is 2.52. The summed E-state index contributed by atoms with van der Waals surface area (Å²) in [7, 11) is 1.61. The Morgan fingerprint density at radius 3 is 2.71 bits per heavy atom. The van der Waals surface area contributed by atoms with Crippen molar-refractivity contribution in [3.05, 3.63) is 47.3 Å². The topological polar surface area (TPSA) is 60.2 Å². The SMILES string of the molecule is COCc1c(CO)nnn1Cc1ccccc1. The summed E-state index contributed by atoms with van der Waals surface area (Å²) in [6, 6.07) is 9.98. The van der Waals surface area contributed by atoms with Crippen molar-refractivity contribution in [3.8, 4) is 0 Å². The monoisotopic (exact) mass is 233 g/mol. The number of ether oxygens (including phenoxy) is 1. The van der Waals surface area contributed by atoms with Gasteiger partial charge in [0, 0.05) is 7.11 Å². The van der Waals surface area contributed by atoms with Gasteiger partial charge in [0.1, 0.15) is 5.69 Å². The van der Waals surface area contributed by atoms with Gasteiger partial charge >= 0.3 is 0 Å². The van der Waals surface area contributed by atoms with Crippen molar-refractivity contribution >= 4 is 0 Å². The molecule has 0 unspecified atom stereocenters. The zero-order chi connectivity index (χ0) is 12.1. The average molecular weight is 233 g/mol. The predicted octanol–water partition coefficient (Wildman–Crippen LogP) is 0.965. The van der Waals surface area contributed by atoms with Crippen molar-refractivity contribution in [2.45, 2.75) is 19.8 Å². The minimum Gasteiger partial charge on any atom is -0.390 e. The highest BCUT2D eigenvalue weighted by atomic mass is 16.5. The second kappa shape index (κ2) is 5.56. The minimum atomic E-state index is -0.118. The van der Waals surface area contributed by atoms with Crippen molar-refractivity contribution in [1.29, 1.82) is 0 Å². The number of aromatic nitrogens is 3. The Hall–Kier alpha value is -1.72. The van der Waals surface area contributed by atoms with Gasteiger partial charge in [-0.15, -0.1) is 5.10 Å². The first kappa shape index (κ1) is 11.8. The Balaban J connectivity index is 2.23. The molecule has 1 N–H and O–H groups in total. The molecule has 0 atom stereocenters. The largest absolute Gasteiger partial charge is 0.390 e. The molecule has 0 spiro atoms. The number of rotatable bonds is 5. The summed E-state index contributed by atoms with van der Waals surface area (Å²) >= 11 is 0. The molecule has 0 saturated carbocycles. The molecule has 0 aliphatic heterocycles. The first-order valence-electron chi connectivity index (χ1n) is 5.40. The van der Waals surface area contributed by atoms with Crippen LogP contribution in [-0.4, -0.2) is 27.2 Å². The number of benzene rings is 1. The number of aliphatic hydroxyl groups excluding tert-OH is 1. The fourth-order valence-corrected chi connectivity index (χ4v) is 1.67. The summed E-state index contributed by atoms with van der Waals surface area (Å²) < 4.78 is 6.85. The number of hydrogen-bond acceptors (Lipinski definition) is 4. The molecular formula is C12H15N3O2. The Morgan fingerprint density at radius 2 is 2.06 bits per heavy atom. The van der Waals surface area contributed by atoms with E-state index >= 15 is 0 Å². The molecule has 0 aliphatic carbocycles. The van der Waals surface area contributed by atoms with E-state index in [2.05, 4.69) is 10.3 Å². The predicted molar refractivity (Wildman–Crippen MR) is 62.2 cm³/mol. The lowest BCUT2D eigenvalue weighted by Gasteiger charge is -2.06. The van der Waals surface area contributed by atoms with Crippen molar-refractivity contribution in [2.24, 2.45) is 0 Å². The summed E-state index contributed by atoms with van der Waals surface area (Å²) in [6.45, 7) is 0.912. The minimum absolute atomic E-state index is 0.118. The van der Waals surface area contributed by atoms with Crippen LogP contribution in [0.5, 0.6) is 0 Å². The molecule has 1 aromatic heterocycles. The fourth-order valence-electron chi connectivity index (χ4n) is 1.67. The van der Waals surface area contributed by atoms with Gasteiger partial charge < -0.3 is 9.84 Å². The summed E-state index contributed by atoms with van der Waals surface area (Å²) in [5.41, 5.74) is 2.53. The van der Waals surface area contributed by atoms with Gasteiger partial charge in [-0.1, -0.05) is 35.5 Å². The second-order valence-corrected chi connectivity index (χ2v) is 3.72. The van der Waals surface area contributed by atoms with Crippen molar-refractivity contribution < 1.29 is 9.84 Å². The maximum Gasteiger partial charge on any atom is 0.114 e.